The lowest BCUT2D eigenvalue weighted by molar-refractivity contribution is -0.155. The van der Waals surface area contributed by atoms with Gasteiger partial charge in [-0.15, -0.1) is 11.3 Å². The van der Waals surface area contributed by atoms with E-state index in [1.807, 2.05) is 37.3 Å². The molecule has 0 spiro atoms. The maximum atomic E-state index is 13.2. The van der Waals surface area contributed by atoms with Crippen molar-refractivity contribution in [2.75, 3.05) is 13.2 Å². The topological polar surface area (TPSA) is 46.6 Å². The van der Waals surface area contributed by atoms with Crippen molar-refractivity contribution in [1.29, 1.82) is 0 Å². The third-order valence-electron chi connectivity index (χ3n) is 4.74. The van der Waals surface area contributed by atoms with Gasteiger partial charge in [-0.05, 0) is 44.2 Å². The maximum Gasteiger partial charge on any atom is 0.331 e. The van der Waals surface area contributed by atoms with Crippen LogP contribution >= 0.6 is 11.3 Å². The van der Waals surface area contributed by atoms with Crippen LogP contribution in [0.4, 0.5) is 0 Å². The van der Waals surface area contributed by atoms with E-state index in [1.165, 1.54) is 11.3 Å². The van der Waals surface area contributed by atoms with E-state index in [-0.39, 0.29) is 11.9 Å². The number of thiophene rings is 1. The van der Waals surface area contributed by atoms with Crippen molar-refractivity contribution in [2.24, 2.45) is 0 Å². The van der Waals surface area contributed by atoms with E-state index in [2.05, 4.69) is 0 Å². The summed E-state index contributed by atoms with van der Waals surface area (Å²) < 4.78 is 6.38. The Morgan fingerprint density at radius 2 is 2.04 bits per heavy atom. The molecule has 1 aromatic heterocycles. The quantitative estimate of drug-likeness (QED) is 0.782. The van der Waals surface area contributed by atoms with Crippen molar-refractivity contribution in [2.45, 2.75) is 45.1 Å². The third kappa shape index (κ3) is 3.05. The van der Waals surface area contributed by atoms with Gasteiger partial charge in [0.1, 0.15) is 5.54 Å². The first-order chi connectivity index (χ1) is 11.6. The zero-order chi connectivity index (χ0) is 17.2. The summed E-state index contributed by atoms with van der Waals surface area (Å²) >= 11 is 1.49. The highest BCUT2D eigenvalue weighted by Gasteiger charge is 2.44. The van der Waals surface area contributed by atoms with Crippen LogP contribution in [0.5, 0.6) is 0 Å². The van der Waals surface area contributed by atoms with E-state index in [0.29, 0.717) is 24.4 Å². The molecule has 1 fully saturated rings. The highest BCUT2D eigenvalue weighted by molar-refractivity contribution is 7.20. The number of esters is 1. The minimum Gasteiger partial charge on any atom is -0.464 e. The van der Waals surface area contributed by atoms with Crippen LogP contribution in [-0.2, 0) is 9.53 Å². The summed E-state index contributed by atoms with van der Waals surface area (Å²) in [5, 5.41) is 1.07. The Bertz CT molecular complexity index is 721. The van der Waals surface area contributed by atoms with Crippen LogP contribution in [-0.4, -0.2) is 35.5 Å². The summed E-state index contributed by atoms with van der Waals surface area (Å²) in [4.78, 5) is 28.2. The Labute approximate surface area is 146 Å². The van der Waals surface area contributed by atoms with Crippen molar-refractivity contribution in [3.05, 3.63) is 35.2 Å². The molecule has 0 aliphatic carbocycles. The SMILES string of the molecule is CCOC(=O)C1(C)CCCCCN1C(=O)c1cc2ccccc2s1. The molecular weight excluding hydrogens is 322 g/mol. The monoisotopic (exact) mass is 345 g/mol. The van der Waals surface area contributed by atoms with Crippen LogP contribution in [0, 0.1) is 0 Å². The predicted molar refractivity (Wildman–Crippen MR) is 96.4 cm³/mol. The van der Waals surface area contributed by atoms with E-state index in [9.17, 15) is 9.59 Å². The molecule has 1 amide bonds. The number of ether oxygens (including phenoxy) is 1. The fourth-order valence-corrected chi connectivity index (χ4v) is 4.35. The van der Waals surface area contributed by atoms with E-state index in [4.69, 9.17) is 4.74 Å². The first kappa shape index (κ1) is 17.0. The van der Waals surface area contributed by atoms with E-state index in [1.54, 1.807) is 11.8 Å². The zero-order valence-corrected chi connectivity index (χ0v) is 15.0. The lowest BCUT2D eigenvalue weighted by Crippen LogP contribution is -2.55. The number of hydrogen-bond donors (Lipinski definition) is 0. The summed E-state index contributed by atoms with van der Waals surface area (Å²) in [6, 6.07) is 9.90. The fourth-order valence-electron chi connectivity index (χ4n) is 3.34. The standard InChI is InChI=1S/C19H23NO3S/c1-3-23-18(22)19(2)11-7-4-8-12-20(19)17(21)16-13-14-9-5-6-10-15(14)24-16/h5-6,9-10,13H,3-4,7-8,11-12H2,1-2H3. The Balaban J connectivity index is 1.96. The van der Waals surface area contributed by atoms with Crippen LogP contribution in [0.25, 0.3) is 10.1 Å². The molecular formula is C19H23NO3S. The smallest absolute Gasteiger partial charge is 0.331 e. The van der Waals surface area contributed by atoms with Gasteiger partial charge < -0.3 is 9.64 Å². The lowest BCUT2D eigenvalue weighted by atomic mass is 9.94. The molecule has 1 atom stereocenters. The van der Waals surface area contributed by atoms with Crippen LogP contribution < -0.4 is 0 Å². The number of fused-ring (bicyclic) bond motifs is 1. The second-order valence-electron chi connectivity index (χ2n) is 6.41. The first-order valence-corrected chi connectivity index (χ1v) is 9.35. The van der Waals surface area contributed by atoms with Gasteiger partial charge in [0.25, 0.3) is 5.91 Å². The Hall–Kier alpha value is -1.88. The molecule has 3 rings (SSSR count). The number of carbonyl (C=O) groups excluding carboxylic acids is 2. The zero-order valence-electron chi connectivity index (χ0n) is 14.2. The highest BCUT2D eigenvalue weighted by atomic mass is 32.1. The largest absolute Gasteiger partial charge is 0.464 e. The predicted octanol–water partition coefficient (Wildman–Crippen LogP) is 4.24. The minimum atomic E-state index is -0.875. The first-order valence-electron chi connectivity index (χ1n) is 8.54. The summed E-state index contributed by atoms with van der Waals surface area (Å²) in [7, 11) is 0. The van der Waals surface area contributed by atoms with Crippen molar-refractivity contribution >= 4 is 33.3 Å². The Morgan fingerprint density at radius 3 is 2.79 bits per heavy atom. The van der Waals surface area contributed by atoms with Gasteiger partial charge in [-0.3, -0.25) is 4.79 Å². The molecule has 1 aliphatic heterocycles. The van der Waals surface area contributed by atoms with Gasteiger partial charge in [-0.2, -0.15) is 0 Å². The number of hydrogen-bond acceptors (Lipinski definition) is 4. The van der Waals surface area contributed by atoms with Crippen molar-refractivity contribution in [1.82, 2.24) is 4.90 Å². The third-order valence-corrected chi connectivity index (χ3v) is 5.84. The summed E-state index contributed by atoms with van der Waals surface area (Å²) in [5.74, 6) is -0.352. The van der Waals surface area contributed by atoms with Gasteiger partial charge in [0.05, 0.1) is 11.5 Å². The molecule has 1 aliphatic rings. The van der Waals surface area contributed by atoms with Gasteiger partial charge in [0, 0.05) is 11.2 Å². The average molecular weight is 345 g/mol. The fraction of sp³-hybridized carbons (Fsp3) is 0.474. The number of carbonyl (C=O) groups is 2. The molecule has 1 saturated heterocycles. The molecule has 128 valence electrons. The second kappa shape index (κ2) is 6.93. The number of likely N-dealkylation sites (tertiary alicyclic amines) is 1. The number of nitrogens with zero attached hydrogens (tertiary/aromatic N) is 1. The molecule has 5 heteroatoms. The Morgan fingerprint density at radius 1 is 1.25 bits per heavy atom. The lowest BCUT2D eigenvalue weighted by Gasteiger charge is -2.37. The number of benzene rings is 1. The summed E-state index contributed by atoms with van der Waals surface area (Å²) in [6.45, 7) is 4.58. The molecule has 1 aromatic carbocycles. The molecule has 2 aromatic rings. The molecule has 0 bridgehead atoms. The number of amides is 1. The Kier molecular flexibility index (Phi) is 4.90. The molecule has 4 nitrogen and oxygen atoms in total. The van der Waals surface area contributed by atoms with Gasteiger partial charge in [0.2, 0.25) is 0 Å². The molecule has 2 heterocycles. The van der Waals surface area contributed by atoms with Crippen molar-refractivity contribution in [3.8, 4) is 0 Å². The minimum absolute atomic E-state index is 0.0614. The summed E-state index contributed by atoms with van der Waals surface area (Å²) in [6.07, 6.45) is 3.55. The highest BCUT2D eigenvalue weighted by Crippen LogP contribution is 2.33. The van der Waals surface area contributed by atoms with Crippen LogP contribution in [0.15, 0.2) is 30.3 Å². The van der Waals surface area contributed by atoms with E-state index >= 15 is 0 Å². The average Bonchev–Trinajstić information content (AvgIpc) is 2.91. The van der Waals surface area contributed by atoms with Gasteiger partial charge in [0.15, 0.2) is 0 Å². The molecule has 24 heavy (non-hydrogen) atoms. The molecule has 0 radical (unpaired) electrons. The van der Waals surface area contributed by atoms with Crippen LogP contribution in [0.3, 0.4) is 0 Å². The van der Waals surface area contributed by atoms with Gasteiger partial charge in [-0.25, -0.2) is 4.79 Å². The van der Waals surface area contributed by atoms with Crippen molar-refractivity contribution < 1.29 is 14.3 Å². The van der Waals surface area contributed by atoms with Gasteiger partial charge >= 0.3 is 5.97 Å². The van der Waals surface area contributed by atoms with Crippen LogP contribution in [0.1, 0.15) is 49.2 Å². The van der Waals surface area contributed by atoms with Crippen LogP contribution in [0.2, 0.25) is 0 Å². The number of rotatable bonds is 3. The maximum absolute atomic E-state index is 13.2. The second-order valence-corrected chi connectivity index (χ2v) is 7.49. The van der Waals surface area contributed by atoms with E-state index in [0.717, 1.165) is 29.3 Å². The van der Waals surface area contributed by atoms with Crippen molar-refractivity contribution in [3.63, 3.8) is 0 Å². The van der Waals surface area contributed by atoms with E-state index < -0.39 is 5.54 Å². The van der Waals surface area contributed by atoms with Gasteiger partial charge in [-0.1, -0.05) is 31.0 Å². The molecule has 1 unspecified atom stereocenters. The normalized spacial score (nSPS) is 21.5. The summed E-state index contributed by atoms with van der Waals surface area (Å²) in [5.41, 5.74) is -0.875. The molecule has 0 N–H and O–H groups in total. The molecule has 0 saturated carbocycles.